The summed E-state index contributed by atoms with van der Waals surface area (Å²) < 4.78 is 0. The standard InChI is InChI=1S/C18H13NO4S2/c20-17(21)14-10-12-6-8-19(13-7-9-24-16(13)15(12)25-14)23-18(22)11-4-2-1-3-5-11/h1-5,7,9-10H,6,8H2,(H,20,21). The van der Waals surface area contributed by atoms with Gasteiger partial charge >= 0.3 is 11.9 Å². The van der Waals surface area contributed by atoms with Gasteiger partial charge < -0.3 is 9.94 Å². The third-order valence-electron chi connectivity index (χ3n) is 3.93. The van der Waals surface area contributed by atoms with Gasteiger partial charge in [0.25, 0.3) is 0 Å². The highest BCUT2D eigenvalue weighted by Gasteiger charge is 2.27. The van der Waals surface area contributed by atoms with Crippen LogP contribution in [0.3, 0.4) is 0 Å². The van der Waals surface area contributed by atoms with Gasteiger partial charge in [-0.25, -0.2) is 14.7 Å². The maximum absolute atomic E-state index is 12.4. The number of aromatic carboxylic acids is 1. The first-order chi connectivity index (χ1) is 12.1. The second-order valence-corrected chi connectivity index (χ2v) is 7.47. The number of thiophene rings is 2. The van der Waals surface area contributed by atoms with Crippen LogP contribution in [0.2, 0.25) is 0 Å². The molecule has 1 aliphatic heterocycles. The van der Waals surface area contributed by atoms with Crippen molar-refractivity contribution >= 4 is 40.3 Å². The second kappa shape index (κ2) is 6.34. The predicted molar refractivity (Wildman–Crippen MR) is 97.5 cm³/mol. The molecule has 7 heteroatoms. The van der Waals surface area contributed by atoms with Crippen LogP contribution in [-0.2, 0) is 11.3 Å². The molecule has 126 valence electrons. The van der Waals surface area contributed by atoms with Crippen LogP contribution in [0.5, 0.6) is 0 Å². The summed E-state index contributed by atoms with van der Waals surface area (Å²) in [5, 5.41) is 12.8. The predicted octanol–water partition coefficient (Wildman–Crippen LogP) is 4.31. The van der Waals surface area contributed by atoms with Crippen molar-refractivity contribution in [1.82, 2.24) is 0 Å². The molecule has 1 N–H and O–H groups in total. The summed E-state index contributed by atoms with van der Waals surface area (Å²) >= 11 is 2.78. The van der Waals surface area contributed by atoms with Crippen molar-refractivity contribution in [2.75, 3.05) is 11.6 Å². The van der Waals surface area contributed by atoms with Crippen LogP contribution in [-0.4, -0.2) is 23.6 Å². The highest BCUT2D eigenvalue weighted by molar-refractivity contribution is 7.23. The Morgan fingerprint density at radius 2 is 1.92 bits per heavy atom. The lowest BCUT2D eigenvalue weighted by Gasteiger charge is -2.21. The van der Waals surface area contributed by atoms with Crippen molar-refractivity contribution < 1.29 is 19.5 Å². The average Bonchev–Trinajstić information content (AvgIpc) is 3.23. The Kier molecular flexibility index (Phi) is 4.03. The molecule has 2 aromatic heterocycles. The van der Waals surface area contributed by atoms with E-state index in [1.165, 1.54) is 22.7 Å². The third-order valence-corrected chi connectivity index (χ3v) is 6.16. The first-order valence-corrected chi connectivity index (χ1v) is 9.32. The Morgan fingerprint density at radius 1 is 1.12 bits per heavy atom. The Morgan fingerprint density at radius 3 is 2.68 bits per heavy atom. The van der Waals surface area contributed by atoms with Crippen LogP contribution in [0.1, 0.15) is 25.6 Å². The van der Waals surface area contributed by atoms with Gasteiger partial charge in [0, 0.05) is 0 Å². The van der Waals surface area contributed by atoms with Gasteiger partial charge in [-0.2, -0.15) is 0 Å². The Hall–Kier alpha value is -2.64. The molecule has 0 fully saturated rings. The molecule has 0 radical (unpaired) electrons. The number of anilines is 1. The Labute approximate surface area is 151 Å². The molecule has 0 unspecified atom stereocenters. The highest BCUT2D eigenvalue weighted by Crippen LogP contribution is 2.44. The largest absolute Gasteiger partial charge is 0.477 e. The lowest BCUT2D eigenvalue weighted by Crippen LogP contribution is -2.28. The molecule has 5 nitrogen and oxygen atoms in total. The summed E-state index contributed by atoms with van der Waals surface area (Å²) in [6.45, 7) is 0.477. The molecule has 0 aliphatic carbocycles. The molecule has 0 spiro atoms. The number of nitrogens with zero attached hydrogens (tertiary/aromatic N) is 1. The fourth-order valence-corrected chi connectivity index (χ4v) is 4.87. The van der Waals surface area contributed by atoms with Gasteiger partial charge in [0.2, 0.25) is 0 Å². The molecule has 3 heterocycles. The molecule has 3 aromatic rings. The molecule has 0 atom stereocenters. The number of fused-ring (bicyclic) bond motifs is 3. The Bertz CT molecular complexity index is 945. The molecule has 1 aliphatic rings. The fourth-order valence-electron chi connectivity index (χ4n) is 2.75. The second-order valence-electron chi connectivity index (χ2n) is 5.50. The van der Waals surface area contributed by atoms with Gasteiger partial charge in [-0.15, -0.1) is 22.7 Å². The Balaban J connectivity index is 1.66. The number of hydroxylamine groups is 1. The van der Waals surface area contributed by atoms with E-state index in [2.05, 4.69) is 0 Å². The van der Waals surface area contributed by atoms with E-state index >= 15 is 0 Å². The van der Waals surface area contributed by atoms with E-state index < -0.39 is 11.9 Å². The number of rotatable bonds is 3. The normalized spacial score (nSPS) is 12.9. The zero-order chi connectivity index (χ0) is 17.4. The number of carboxylic acid groups (broad SMARTS) is 1. The SMILES string of the molecule is O=C(ON1CCc2cc(C(=O)O)sc2-c2sccc21)c1ccccc1. The minimum atomic E-state index is -0.913. The van der Waals surface area contributed by atoms with Gasteiger partial charge in [0.15, 0.2) is 0 Å². The summed E-state index contributed by atoms with van der Waals surface area (Å²) in [4.78, 5) is 31.5. The van der Waals surface area contributed by atoms with Gasteiger partial charge in [0.1, 0.15) is 4.88 Å². The van der Waals surface area contributed by atoms with E-state index in [1.54, 1.807) is 35.4 Å². The van der Waals surface area contributed by atoms with Gasteiger partial charge in [-0.05, 0) is 41.6 Å². The van der Waals surface area contributed by atoms with Crippen LogP contribution in [0.15, 0.2) is 47.8 Å². The lowest BCUT2D eigenvalue weighted by atomic mass is 10.2. The van der Waals surface area contributed by atoms with E-state index in [0.29, 0.717) is 23.4 Å². The smallest absolute Gasteiger partial charge is 0.363 e. The van der Waals surface area contributed by atoms with Crippen molar-refractivity contribution in [1.29, 1.82) is 0 Å². The minimum absolute atomic E-state index is 0.332. The van der Waals surface area contributed by atoms with Crippen LogP contribution in [0.25, 0.3) is 9.75 Å². The number of benzene rings is 1. The van der Waals surface area contributed by atoms with E-state index in [1.807, 2.05) is 17.5 Å². The summed E-state index contributed by atoms with van der Waals surface area (Å²) in [6.07, 6.45) is 0.614. The zero-order valence-corrected chi connectivity index (χ0v) is 14.6. The molecular formula is C18H13NO4S2. The molecular weight excluding hydrogens is 358 g/mol. The summed E-state index contributed by atoms with van der Waals surface area (Å²) in [7, 11) is 0. The molecule has 0 amide bonds. The van der Waals surface area contributed by atoms with E-state index in [0.717, 1.165) is 21.0 Å². The first kappa shape index (κ1) is 15.9. The van der Waals surface area contributed by atoms with Crippen LogP contribution in [0, 0.1) is 0 Å². The number of carbonyl (C=O) groups excluding carboxylic acids is 1. The summed E-state index contributed by atoms with van der Waals surface area (Å²) in [5.74, 6) is -1.32. The van der Waals surface area contributed by atoms with Gasteiger partial charge in [-0.1, -0.05) is 18.2 Å². The molecule has 0 saturated heterocycles. The van der Waals surface area contributed by atoms with E-state index in [4.69, 9.17) is 4.84 Å². The lowest BCUT2D eigenvalue weighted by molar-refractivity contribution is 0.0452. The zero-order valence-electron chi connectivity index (χ0n) is 13.0. The fraction of sp³-hybridized carbons (Fsp3) is 0.111. The number of hydrogen-bond acceptors (Lipinski definition) is 6. The maximum atomic E-state index is 12.4. The van der Waals surface area contributed by atoms with Crippen molar-refractivity contribution in [2.24, 2.45) is 0 Å². The third kappa shape index (κ3) is 2.92. The maximum Gasteiger partial charge on any atom is 0.363 e. The monoisotopic (exact) mass is 371 g/mol. The number of hydrogen-bond donors (Lipinski definition) is 1. The van der Waals surface area contributed by atoms with Crippen molar-refractivity contribution in [3.63, 3.8) is 0 Å². The van der Waals surface area contributed by atoms with E-state index in [-0.39, 0.29) is 0 Å². The first-order valence-electron chi connectivity index (χ1n) is 7.62. The van der Waals surface area contributed by atoms with E-state index in [9.17, 15) is 14.7 Å². The molecule has 4 rings (SSSR count). The molecule has 1 aromatic carbocycles. The highest BCUT2D eigenvalue weighted by atomic mass is 32.1. The summed E-state index contributed by atoms with van der Waals surface area (Å²) in [6, 6.07) is 12.5. The number of carbonyl (C=O) groups is 2. The molecule has 0 bridgehead atoms. The van der Waals surface area contributed by atoms with Gasteiger partial charge in [0.05, 0.1) is 27.5 Å². The van der Waals surface area contributed by atoms with Crippen molar-refractivity contribution in [2.45, 2.75) is 6.42 Å². The van der Waals surface area contributed by atoms with Crippen molar-refractivity contribution in [3.05, 3.63) is 63.8 Å². The van der Waals surface area contributed by atoms with Crippen molar-refractivity contribution in [3.8, 4) is 9.75 Å². The van der Waals surface area contributed by atoms with Crippen LogP contribution in [0.4, 0.5) is 5.69 Å². The minimum Gasteiger partial charge on any atom is -0.477 e. The summed E-state index contributed by atoms with van der Waals surface area (Å²) in [5.41, 5.74) is 2.27. The molecule has 0 saturated carbocycles. The average molecular weight is 371 g/mol. The van der Waals surface area contributed by atoms with Gasteiger partial charge in [-0.3, -0.25) is 0 Å². The molecule has 25 heavy (non-hydrogen) atoms. The van der Waals surface area contributed by atoms with Crippen LogP contribution < -0.4 is 5.06 Å². The van der Waals surface area contributed by atoms with Crippen LogP contribution >= 0.6 is 22.7 Å². The quantitative estimate of drug-likeness (QED) is 0.743. The number of carboxylic acids is 1. The topological polar surface area (TPSA) is 66.8 Å².